The number of aromatic nitrogens is 1. The van der Waals surface area contributed by atoms with E-state index in [9.17, 15) is 4.39 Å². The van der Waals surface area contributed by atoms with Crippen LogP contribution in [0.25, 0.3) is 0 Å². The number of ether oxygens (including phenoxy) is 2. The van der Waals surface area contributed by atoms with Gasteiger partial charge in [-0.2, -0.15) is 0 Å². The Balaban J connectivity index is 1.47. The van der Waals surface area contributed by atoms with E-state index in [0.717, 1.165) is 11.3 Å². The Bertz CT molecular complexity index is 812. The number of hydrogen-bond acceptors (Lipinski definition) is 4. The van der Waals surface area contributed by atoms with E-state index in [1.807, 2.05) is 42.5 Å². The molecule has 0 radical (unpaired) electrons. The first-order valence-electron chi connectivity index (χ1n) is 8.51. The first-order valence-corrected chi connectivity index (χ1v) is 8.51. The van der Waals surface area contributed by atoms with Gasteiger partial charge in [0.2, 0.25) is 5.88 Å². The lowest BCUT2D eigenvalue weighted by Gasteiger charge is -2.13. The molecule has 3 aromatic rings. The zero-order valence-corrected chi connectivity index (χ0v) is 14.4. The molecule has 0 amide bonds. The molecule has 0 unspecified atom stereocenters. The second-order valence-electron chi connectivity index (χ2n) is 5.68. The normalized spacial score (nSPS) is 10.5. The first kappa shape index (κ1) is 17.9. The van der Waals surface area contributed by atoms with Gasteiger partial charge in [0.15, 0.2) is 0 Å². The maximum Gasteiger partial charge on any atom is 0.213 e. The van der Waals surface area contributed by atoms with Gasteiger partial charge < -0.3 is 14.8 Å². The van der Waals surface area contributed by atoms with Gasteiger partial charge in [0.05, 0.1) is 0 Å². The molecule has 134 valence electrons. The number of para-hydroxylation sites is 1. The lowest BCUT2D eigenvalue weighted by atomic mass is 10.2. The number of nitrogens with zero attached hydrogens (tertiary/aromatic N) is 1. The summed E-state index contributed by atoms with van der Waals surface area (Å²) in [5.41, 5.74) is 1.56. The van der Waals surface area contributed by atoms with Crippen molar-refractivity contribution < 1.29 is 13.9 Å². The number of pyridine rings is 1. The Hall–Kier alpha value is -2.92. The van der Waals surface area contributed by atoms with E-state index < -0.39 is 0 Å². The molecule has 4 nitrogen and oxygen atoms in total. The van der Waals surface area contributed by atoms with Crippen LogP contribution in [0.2, 0.25) is 0 Å². The third kappa shape index (κ3) is 5.29. The minimum absolute atomic E-state index is 0.201. The zero-order valence-electron chi connectivity index (χ0n) is 14.4. The third-order valence-electron chi connectivity index (χ3n) is 3.80. The summed E-state index contributed by atoms with van der Waals surface area (Å²) >= 11 is 0. The fourth-order valence-electron chi connectivity index (χ4n) is 2.44. The highest BCUT2D eigenvalue weighted by molar-refractivity contribution is 5.33. The van der Waals surface area contributed by atoms with E-state index in [2.05, 4.69) is 10.3 Å². The van der Waals surface area contributed by atoms with Gasteiger partial charge in [0, 0.05) is 36.5 Å². The van der Waals surface area contributed by atoms with Crippen molar-refractivity contribution in [3.05, 3.63) is 89.9 Å². The van der Waals surface area contributed by atoms with Gasteiger partial charge in [-0.3, -0.25) is 0 Å². The zero-order chi connectivity index (χ0) is 18.0. The first-order chi connectivity index (χ1) is 12.8. The van der Waals surface area contributed by atoms with E-state index in [1.165, 1.54) is 6.07 Å². The molecule has 0 fully saturated rings. The van der Waals surface area contributed by atoms with Gasteiger partial charge in [-0.05, 0) is 18.2 Å². The molecule has 26 heavy (non-hydrogen) atoms. The van der Waals surface area contributed by atoms with Crippen molar-refractivity contribution in [2.45, 2.75) is 13.2 Å². The highest BCUT2D eigenvalue weighted by Crippen LogP contribution is 2.20. The Morgan fingerprint density at radius 1 is 0.846 bits per heavy atom. The Morgan fingerprint density at radius 3 is 2.42 bits per heavy atom. The SMILES string of the molecule is Fc1ccccc1COc1ccccc1CNCCOc1ccccn1. The average Bonchev–Trinajstić information content (AvgIpc) is 2.69. The fraction of sp³-hybridized carbons (Fsp3) is 0.190. The minimum Gasteiger partial charge on any atom is -0.488 e. The maximum atomic E-state index is 13.7. The standard InChI is InChI=1S/C21H21FN2O2/c22-19-9-3-1-8-18(19)16-26-20-10-4-2-7-17(20)15-23-13-14-25-21-11-5-6-12-24-21/h1-12,23H,13-16H2. The van der Waals surface area contributed by atoms with Gasteiger partial charge in [-0.1, -0.05) is 42.5 Å². The minimum atomic E-state index is -0.255. The van der Waals surface area contributed by atoms with E-state index in [4.69, 9.17) is 9.47 Å². The summed E-state index contributed by atoms with van der Waals surface area (Å²) in [7, 11) is 0. The van der Waals surface area contributed by atoms with Crippen LogP contribution in [0, 0.1) is 5.82 Å². The van der Waals surface area contributed by atoms with Crippen molar-refractivity contribution >= 4 is 0 Å². The average molecular weight is 352 g/mol. The summed E-state index contributed by atoms with van der Waals surface area (Å²) in [5.74, 6) is 1.10. The topological polar surface area (TPSA) is 43.4 Å². The van der Waals surface area contributed by atoms with E-state index in [0.29, 0.717) is 31.1 Å². The number of benzene rings is 2. The summed E-state index contributed by atoms with van der Waals surface area (Å²) in [6.07, 6.45) is 1.70. The van der Waals surface area contributed by atoms with E-state index in [-0.39, 0.29) is 12.4 Å². The van der Waals surface area contributed by atoms with Crippen molar-refractivity contribution in [3.8, 4) is 11.6 Å². The molecule has 0 saturated carbocycles. The lowest BCUT2D eigenvalue weighted by molar-refractivity contribution is 0.291. The van der Waals surface area contributed by atoms with Crippen LogP contribution in [0.4, 0.5) is 4.39 Å². The lowest BCUT2D eigenvalue weighted by Crippen LogP contribution is -2.21. The van der Waals surface area contributed by atoms with Crippen LogP contribution in [-0.2, 0) is 13.2 Å². The highest BCUT2D eigenvalue weighted by atomic mass is 19.1. The molecule has 0 spiro atoms. The molecule has 0 aliphatic carbocycles. The van der Waals surface area contributed by atoms with Crippen LogP contribution in [-0.4, -0.2) is 18.1 Å². The molecular weight excluding hydrogens is 331 g/mol. The molecule has 1 N–H and O–H groups in total. The van der Waals surface area contributed by atoms with Crippen molar-refractivity contribution in [1.29, 1.82) is 0 Å². The Kier molecular flexibility index (Phi) is 6.56. The van der Waals surface area contributed by atoms with Gasteiger partial charge in [0.1, 0.15) is 24.8 Å². The van der Waals surface area contributed by atoms with Crippen molar-refractivity contribution in [2.24, 2.45) is 0 Å². The predicted molar refractivity (Wildman–Crippen MR) is 98.6 cm³/mol. The number of rotatable bonds is 9. The smallest absolute Gasteiger partial charge is 0.213 e. The molecule has 0 aliphatic rings. The van der Waals surface area contributed by atoms with Gasteiger partial charge >= 0.3 is 0 Å². The quantitative estimate of drug-likeness (QED) is 0.592. The molecular formula is C21H21FN2O2. The van der Waals surface area contributed by atoms with Gasteiger partial charge in [-0.25, -0.2) is 9.37 Å². The molecule has 5 heteroatoms. The highest BCUT2D eigenvalue weighted by Gasteiger charge is 2.06. The monoisotopic (exact) mass is 352 g/mol. The molecule has 0 aliphatic heterocycles. The van der Waals surface area contributed by atoms with Crippen molar-refractivity contribution in [2.75, 3.05) is 13.2 Å². The Labute approximate surface area is 152 Å². The van der Waals surface area contributed by atoms with Crippen molar-refractivity contribution in [1.82, 2.24) is 10.3 Å². The third-order valence-corrected chi connectivity index (χ3v) is 3.80. The molecule has 1 heterocycles. The summed E-state index contributed by atoms with van der Waals surface area (Å²) in [4.78, 5) is 4.11. The summed E-state index contributed by atoms with van der Waals surface area (Å²) in [6, 6.07) is 19.9. The van der Waals surface area contributed by atoms with Gasteiger partial charge in [0.25, 0.3) is 0 Å². The largest absolute Gasteiger partial charge is 0.488 e. The molecule has 0 saturated heterocycles. The number of nitrogens with one attached hydrogen (secondary N) is 1. The summed E-state index contributed by atoms with van der Waals surface area (Å²) < 4.78 is 25.1. The Morgan fingerprint density at radius 2 is 1.62 bits per heavy atom. The second-order valence-corrected chi connectivity index (χ2v) is 5.68. The molecule has 1 aromatic heterocycles. The number of halogens is 1. The maximum absolute atomic E-state index is 13.7. The van der Waals surface area contributed by atoms with E-state index >= 15 is 0 Å². The molecule has 3 rings (SSSR count). The van der Waals surface area contributed by atoms with Crippen LogP contribution < -0.4 is 14.8 Å². The van der Waals surface area contributed by atoms with Crippen LogP contribution in [0.5, 0.6) is 11.6 Å². The van der Waals surface area contributed by atoms with Crippen LogP contribution in [0.15, 0.2) is 72.9 Å². The number of hydrogen-bond donors (Lipinski definition) is 1. The summed E-state index contributed by atoms with van der Waals surface area (Å²) in [6.45, 7) is 2.04. The van der Waals surface area contributed by atoms with Crippen LogP contribution in [0.3, 0.4) is 0 Å². The van der Waals surface area contributed by atoms with E-state index in [1.54, 1.807) is 24.4 Å². The molecule has 2 aromatic carbocycles. The van der Waals surface area contributed by atoms with Crippen LogP contribution in [0.1, 0.15) is 11.1 Å². The molecule has 0 bridgehead atoms. The fourth-order valence-corrected chi connectivity index (χ4v) is 2.44. The van der Waals surface area contributed by atoms with Crippen LogP contribution >= 0.6 is 0 Å². The predicted octanol–water partition coefficient (Wildman–Crippen LogP) is 3.97. The second kappa shape index (κ2) is 9.53. The van der Waals surface area contributed by atoms with Gasteiger partial charge in [-0.15, -0.1) is 0 Å². The summed E-state index contributed by atoms with van der Waals surface area (Å²) in [5, 5.41) is 3.32. The van der Waals surface area contributed by atoms with Crippen molar-refractivity contribution in [3.63, 3.8) is 0 Å². The molecule has 0 atom stereocenters.